The van der Waals surface area contributed by atoms with E-state index in [1.807, 2.05) is 60.4 Å². The number of phenolic OH excluding ortho intramolecular Hbond substituents is 1. The lowest BCUT2D eigenvalue weighted by Gasteiger charge is -2.49. The lowest BCUT2D eigenvalue weighted by atomic mass is 9.88. The minimum absolute atomic E-state index is 0.0406. The molecule has 1 unspecified atom stereocenters. The number of benzene rings is 2. The van der Waals surface area contributed by atoms with Crippen LogP contribution in [0.15, 0.2) is 54.6 Å². The molecule has 1 spiro atoms. The number of piperidine rings is 1. The summed E-state index contributed by atoms with van der Waals surface area (Å²) < 4.78 is 6.25. The van der Waals surface area contributed by atoms with Crippen molar-refractivity contribution in [1.82, 2.24) is 4.90 Å². The van der Waals surface area contributed by atoms with Crippen LogP contribution in [0.3, 0.4) is 0 Å². The van der Waals surface area contributed by atoms with E-state index in [1.165, 1.54) is 0 Å². The lowest BCUT2D eigenvalue weighted by molar-refractivity contribution is -0.161. The van der Waals surface area contributed by atoms with Crippen LogP contribution in [0.25, 0.3) is 0 Å². The summed E-state index contributed by atoms with van der Waals surface area (Å²) in [7, 11) is 0. The average Bonchev–Trinajstić information content (AvgIpc) is 2.72. The second kappa shape index (κ2) is 7.94. The highest BCUT2D eigenvalue weighted by Crippen LogP contribution is 2.35. The first-order chi connectivity index (χ1) is 13.6. The molecule has 2 aliphatic heterocycles. The van der Waals surface area contributed by atoms with Crippen molar-refractivity contribution in [3.8, 4) is 5.75 Å². The maximum absolute atomic E-state index is 12.7. The molecule has 1 amide bonds. The Morgan fingerprint density at radius 1 is 1.07 bits per heavy atom. The predicted molar refractivity (Wildman–Crippen MR) is 110 cm³/mol. The summed E-state index contributed by atoms with van der Waals surface area (Å²) in [6, 6.07) is 17.4. The molecule has 0 aromatic heterocycles. The molecule has 28 heavy (non-hydrogen) atoms. The van der Waals surface area contributed by atoms with Crippen LogP contribution >= 0.6 is 0 Å². The fraction of sp³-hybridized carbons (Fsp3) is 0.435. The molecule has 2 aliphatic rings. The first-order valence-electron chi connectivity index (χ1n) is 10.1. The van der Waals surface area contributed by atoms with Gasteiger partial charge in [0.25, 0.3) is 5.91 Å². The Labute approximate surface area is 166 Å². The molecular weight excluding hydrogens is 352 g/mol. The van der Waals surface area contributed by atoms with E-state index < -0.39 is 6.10 Å². The van der Waals surface area contributed by atoms with Gasteiger partial charge < -0.3 is 19.6 Å². The Kier molecular flexibility index (Phi) is 5.38. The van der Waals surface area contributed by atoms with Gasteiger partial charge in [0.15, 0.2) is 0 Å². The number of hydrogen-bond donors (Lipinski definition) is 1. The Hall–Kier alpha value is -2.37. The molecule has 2 aromatic carbocycles. The third kappa shape index (κ3) is 3.91. The zero-order chi connectivity index (χ0) is 19.6. The van der Waals surface area contributed by atoms with Crippen molar-refractivity contribution >= 4 is 11.6 Å². The number of para-hydroxylation sites is 2. The van der Waals surface area contributed by atoms with Gasteiger partial charge in [-0.2, -0.15) is 0 Å². The first-order valence-corrected chi connectivity index (χ1v) is 10.1. The van der Waals surface area contributed by atoms with E-state index in [4.69, 9.17) is 4.74 Å². The highest BCUT2D eigenvalue weighted by atomic mass is 16.5. The monoisotopic (exact) mass is 380 g/mol. The molecule has 1 atom stereocenters. The van der Waals surface area contributed by atoms with E-state index in [9.17, 15) is 9.90 Å². The fourth-order valence-corrected chi connectivity index (χ4v) is 4.34. The number of phenols is 1. The molecule has 1 N–H and O–H groups in total. The zero-order valence-corrected chi connectivity index (χ0v) is 16.4. The number of anilines is 1. The number of ether oxygens (including phenoxy) is 1. The van der Waals surface area contributed by atoms with Crippen molar-refractivity contribution in [1.29, 1.82) is 0 Å². The van der Waals surface area contributed by atoms with Gasteiger partial charge in [-0.05, 0) is 49.9 Å². The molecular formula is C23H28N2O3. The van der Waals surface area contributed by atoms with Crippen LogP contribution in [0.1, 0.15) is 25.3 Å². The minimum Gasteiger partial charge on any atom is -0.508 e. The standard InChI is InChI=1S/C23H28N2O3/c1-18-22(27)25(20-8-3-2-4-9-20)17-23(28-18)12-15-24(16-13-23)14-11-19-7-5-6-10-21(19)26/h2-10,18,26H,11-17H2,1H3. The molecule has 0 saturated carbocycles. The largest absolute Gasteiger partial charge is 0.508 e. The Balaban J connectivity index is 1.39. The van der Waals surface area contributed by atoms with Crippen molar-refractivity contribution in [2.75, 3.05) is 31.1 Å². The van der Waals surface area contributed by atoms with Gasteiger partial charge in [-0.15, -0.1) is 0 Å². The van der Waals surface area contributed by atoms with Crippen LogP contribution < -0.4 is 4.90 Å². The van der Waals surface area contributed by atoms with Crippen molar-refractivity contribution < 1.29 is 14.6 Å². The van der Waals surface area contributed by atoms with E-state index in [-0.39, 0.29) is 11.5 Å². The van der Waals surface area contributed by atoms with Crippen molar-refractivity contribution in [3.63, 3.8) is 0 Å². The topological polar surface area (TPSA) is 53.0 Å². The van der Waals surface area contributed by atoms with Crippen molar-refractivity contribution in [2.45, 2.75) is 37.9 Å². The summed E-state index contributed by atoms with van der Waals surface area (Å²) in [6.45, 7) is 5.29. The summed E-state index contributed by atoms with van der Waals surface area (Å²) in [4.78, 5) is 17.0. The van der Waals surface area contributed by atoms with Gasteiger partial charge in [0.05, 0.1) is 12.1 Å². The number of carbonyl (C=O) groups is 1. The highest BCUT2D eigenvalue weighted by Gasteiger charge is 2.45. The fourth-order valence-electron chi connectivity index (χ4n) is 4.34. The summed E-state index contributed by atoms with van der Waals surface area (Å²) >= 11 is 0. The number of morpholine rings is 1. The summed E-state index contributed by atoms with van der Waals surface area (Å²) in [6.07, 6.45) is 2.25. The zero-order valence-electron chi connectivity index (χ0n) is 16.4. The van der Waals surface area contributed by atoms with Gasteiger partial charge in [0, 0.05) is 25.3 Å². The van der Waals surface area contributed by atoms with Gasteiger partial charge in [-0.3, -0.25) is 4.79 Å². The number of carbonyl (C=O) groups excluding carboxylic acids is 1. The van der Waals surface area contributed by atoms with Crippen LogP contribution in [0.2, 0.25) is 0 Å². The Bertz CT molecular complexity index is 816. The number of rotatable bonds is 4. The van der Waals surface area contributed by atoms with Crippen LogP contribution in [-0.4, -0.2) is 53.8 Å². The second-order valence-electron chi connectivity index (χ2n) is 7.92. The normalized spacial score (nSPS) is 22.5. The molecule has 0 bridgehead atoms. The van der Waals surface area contributed by atoms with Crippen molar-refractivity contribution in [2.24, 2.45) is 0 Å². The van der Waals surface area contributed by atoms with E-state index in [0.717, 1.165) is 50.1 Å². The summed E-state index contributed by atoms with van der Waals surface area (Å²) in [5.74, 6) is 0.413. The van der Waals surface area contributed by atoms with Crippen molar-refractivity contribution in [3.05, 3.63) is 60.2 Å². The number of aromatic hydroxyl groups is 1. The van der Waals surface area contributed by atoms with Gasteiger partial charge in [0.1, 0.15) is 11.9 Å². The SMILES string of the molecule is CC1OC2(CCN(CCc3ccccc3O)CC2)CN(c2ccccc2)C1=O. The van der Waals surface area contributed by atoms with Crippen LogP contribution in [0.5, 0.6) is 5.75 Å². The van der Waals surface area contributed by atoms with Gasteiger partial charge in [-0.25, -0.2) is 0 Å². The Morgan fingerprint density at radius 3 is 2.46 bits per heavy atom. The molecule has 2 aromatic rings. The molecule has 5 heteroatoms. The number of hydrogen-bond acceptors (Lipinski definition) is 4. The number of nitrogens with zero attached hydrogens (tertiary/aromatic N) is 2. The molecule has 0 radical (unpaired) electrons. The lowest BCUT2D eigenvalue weighted by Crippen LogP contribution is -2.61. The van der Waals surface area contributed by atoms with Crippen LogP contribution in [0.4, 0.5) is 5.69 Å². The van der Waals surface area contributed by atoms with E-state index in [0.29, 0.717) is 12.3 Å². The third-order valence-corrected chi connectivity index (χ3v) is 6.01. The van der Waals surface area contributed by atoms with E-state index in [1.54, 1.807) is 6.07 Å². The molecule has 2 saturated heterocycles. The molecule has 148 valence electrons. The average molecular weight is 380 g/mol. The molecule has 0 aliphatic carbocycles. The Morgan fingerprint density at radius 2 is 1.75 bits per heavy atom. The van der Waals surface area contributed by atoms with Gasteiger partial charge in [-0.1, -0.05) is 36.4 Å². The molecule has 5 nitrogen and oxygen atoms in total. The minimum atomic E-state index is -0.415. The summed E-state index contributed by atoms with van der Waals surface area (Å²) in [5, 5.41) is 9.95. The smallest absolute Gasteiger partial charge is 0.255 e. The van der Waals surface area contributed by atoms with Crippen LogP contribution in [0, 0.1) is 0 Å². The maximum Gasteiger partial charge on any atom is 0.255 e. The molecule has 2 heterocycles. The molecule has 2 fully saturated rings. The maximum atomic E-state index is 12.7. The summed E-state index contributed by atoms with van der Waals surface area (Å²) in [5.41, 5.74) is 1.67. The van der Waals surface area contributed by atoms with Gasteiger partial charge in [0.2, 0.25) is 0 Å². The highest BCUT2D eigenvalue weighted by molar-refractivity contribution is 5.97. The molecule has 4 rings (SSSR count). The van der Waals surface area contributed by atoms with E-state index >= 15 is 0 Å². The quantitative estimate of drug-likeness (QED) is 0.885. The second-order valence-corrected chi connectivity index (χ2v) is 7.92. The third-order valence-electron chi connectivity index (χ3n) is 6.01. The first kappa shape index (κ1) is 19.0. The number of amides is 1. The van der Waals surface area contributed by atoms with Gasteiger partial charge >= 0.3 is 0 Å². The predicted octanol–water partition coefficient (Wildman–Crippen LogP) is 3.22. The van der Waals surface area contributed by atoms with Crippen LogP contribution in [-0.2, 0) is 16.0 Å². The van der Waals surface area contributed by atoms with E-state index in [2.05, 4.69) is 4.90 Å². The number of likely N-dealkylation sites (tertiary alicyclic amines) is 1.